The summed E-state index contributed by atoms with van der Waals surface area (Å²) >= 11 is 0. The highest BCUT2D eigenvalue weighted by atomic mass is 19.4. The number of alkyl halides is 5. The number of halogens is 5. The lowest BCUT2D eigenvalue weighted by Crippen LogP contribution is -2.36. The first-order chi connectivity index (χ1) is 12.1. The van der Waals surface area contributed by atoms with Crippen molar-refractivity contribution in [3.8, 4) is 0 Å². The van der Waals surface area contributed by atoms with Crippen molar-refractivity contribution in [2.24, 2.45) is 5.92 Å². The largest absolute Gasteiger partial charge is 0.481 e. The number of carboxylic acid groups (broad SMARTS) is 1. The minimum absolute atomic E-state index is 0.191. The van der Waals surface area contributed by atoms with Crippen LogP contribution in [0.3, 0.4) is 0 Å². The van der Waals surface area contributed by atoms with E-state index in [4.69, 9.17) is 5.11 Å². The number of carboxylic acids is 1. The second-order valence-corrected chi connectivity index (χ2v) is 6.44. The number of carbonyl (C=O) groups is 1. The molecule has 0 fully saturated rings. The topological polar surface area (TPSA) is 37.3 Å². The van der Waals surface area contributed by atoms with Crippen molar-refractivity contribution >= 4 is 5.97 Å². The first kappa shape index (κ1) is 22.4. The van der Waals surface area contributed by atoms with Crippen LogP contribution in [0.1, 0.15) is 49.7 Å². The molecule has 1 atom stereocenters. The fourth-order valence-corrected chi connectivity index (χ4v) is 2.73. The number of rotatable bonds is 11. The van der Waals surface area contributed by atoms with Gasteiger partial charge in [-0.2, -0.15) is 22.0 Å². The van der Waals surface area contributed by atoms with Gasteiger partial charge < -0.3 is 5.11 Å². The zero-order valence-corrected chi connectivity index (χ0v) is 14.5. The van der Waals surface area contributed by atoms with E-state index < -0.39 is 36.8 Å². The first-order valence-corrected chi connectivity index (χ1v) is 8.61. The van der Waals surface area contributed by atoms with Gasteiger partial charge in [-0.15, -0.1) is 0 Å². The van der Waals surface area contributed by atoms with E-state index in [1.165, 1.54) is 0 Å². The highest BCUT2D eigenvalue weighted by molar-refractivity contribution is 5.69. The summed E-state index contributed by atoms with van der Waals surface area (Å²) in [6, 6.07) is 7.86. The van der Waals surface area contributed by atoms with Gasteiger partial charge in [-0.05, 0) is 56.1 Å². The van der Waals surface area contributed by atoms with Crippen molar-refractivity contribution in [1.29, 1.82) is 0 Å². The Balaban J connectivity index is 2.42. The van der Waals surface area contributed by atoms with Crippen LogP contribution in [-0.4, -0.2) is 23.2 Å². The second-order valence-electron chi connectivity index (χ2n) is 6.44. The Morgan fingerprint density at radius 2 is 1.46 bits per heavy atom. The molecule has 147 valence electrons. The summed E-state index contributed by atoms with van der Waals surface area (Å²) in [5.41, 5.74) is 2.20. The van der Waals surface area contributed by atoms with Gasteiger partial charge in [0.05, 0.1) is 5.92 Å². The minimum Gasteiger partial charge on any atom is -0.481 e. The van der Waals surface area contributed by atoms with Gasteiger partial charge in [0.25, 0.3) is 0 Å². The van der Waals surface area contributed by atoms with Crippen molar-refractivity contribution in [3.05, 3.63) is 42.3 Å². The standard InChI is InChI=1S/C19H24F5O2/c1-2-5-14-9-11-15(12-10-14)6-3-7-16(17(25)26)8-4-13-18(20,21)19(22,23)24/h9-12,16H,1-8,13H2,(H,25,26). The van der Waals surface area contributed by atoms with Gasteiger partial charge >= 0.3 is 18.1 Å². The summed E-state index contributed by atoms with van der Waals surface area (Å²) in [5, 5.41) is 9.14. The molecule has 0 saturated heterocycles. The highest BCUT2D eigenvalue weighted by Gasteiger charge is 2.56. The van der Waals surface area contributed by atoms with E-state index in [-0.39, 0.29) is 12.8 Å². The molecule has 0 saturated carbocycles. The predicted molar refractivity (Wildman–Crippen MR) is 89.0 cm³/mol. The third kappa shape index (κ3) is 7.30. The van der Waals surface area contributed by atoms with Gasteiger partial charge in [-0.3, -0.25) is 4.79 Å². The number of benzene rings is 1. The van der Waals surface area contributed by atoms with Crippen LogP contribution in [0, 0.1) is 12.8 Å². The van der Waals surface area contributed by atoms with Crippen molar-refractivity contribution in [2.75, 3.05) is 0 Å². The van der Waals surface area contributed by atoms with E-state index in [2.05, 4.69) is 6.92 Å². The van der Waals surface area contributed by atoms with Crippen LogP contribution in [0.5, 0.6) is 0 Å². The van der Waals surface area contributed by atoms with E-state index in [1.54, 1.807) is 0 Å². The number of hydrogen-bond acceptors (Lipinski definition) is 1. The predicted octanol–water partition coefficient (Wildman–Crippen LogP) is 5.84. The molecule has 1 unspecified atom stereocenters. The van der Waals surface area contributed by atoms with Crippen LogP contribution in [0.15, 0.2) is 24.3 Å². The molecule has 0 amide bonds. The molecular formula is C19H24F5O2. The summed E-state index contributed by atoms with van der Waals surface area (Å²) in [6.07, 6.45) is -4.56. The third-order valence-electron chi connectivity index (χ3n) is 4.31. The molecule has 0 aliphatic carbocycles. The summed E-state index contributed by atoms with van der Waals surface area (Å²) in [5.74, 6) is -6.85. The number of aryl methyl sites for hydroxylation is 2. The van der Waals surface area contributed by atoms with Gasteiger partial charge in [0.15, 0.2) is 0 Å². The summed E-state index contributed by atoms with van der Waals surface area (Å²) in [7, 11) is 0. The average Bonchev–Trinajstić information content (AvgIpc) is 2.54. The first-order valence-electron chi connectivity index (χ1n) is 8.61. The molecule has 7 heteroatoms. The zero-order chi connectivity index (χ0) is 19.8. The molecule has 1 aromatic rings. The van der Waals surface area contributed by atoms with E-state index >= 15 is 0 Å². The molecule has 1 N–H and O–H groups in total. The van der Waals surface area contributed by atoms with Crippen LogP contribution in [0.2, 0.25) is 0 Å². The fraction of sp³-hybridized carbons (Fsp3) is 0.579. The Hall–Kier alpha value is -1.66. The molecule has 2 nitrogen and oxygen atoms in total. The zero-order valence-electron chi connectivity index (χ0n) is 14.5. The number of aliphatic carboxylic acids is 1. The summed E-state index contributed by atoms with van der Waals surface area (Å²) in [4.78, 5) is 11.2. The van der Waals surface area contributed by atoms with Crippen LogP contribution in [0.25, 0.3) is 0 Å². The third-order valence-corrected chi connectivity index (χ3v) is 4.31. The molecule has 26 heavy (non-hydrogen) atoms. The molecular weight excluding hydrogens is 355 g/mol. The van der Waals surface area contributed by atoms with Gasteiger partial charge in [0.1, 0.15) is 0 Å². The molecule has 0 bridgehead atoms. The average molecular weight is 379 g/mol. The van der Waals surface area contributed by atoms with Crippen molar-refractivity contribution in [1.82, 2.24) is 0 Å². The Bertz CT molecular complexity index is 552. The normalized spacial score (nSPS) is 13.6. The summed E-state index contributed by atoms with van der Waals surface area (Å²) in [6.45, 7) is 3.78. The van der Waals surface area contributed by atoms with Gasteiger partial charge in [-0.1, -0.05) is 31.2 Å². The number of hydrogen-bond donors (Lipinski definition) is 1. The van der Waals surface area contributed by atoms with Crippen LogP contribution in [-0.2, 0) is 17.6 Å². The lowest BCUT2D eigenvalue weighted by molar-refractivity contribution is -0.284. The molecule has 1 radical (unpaired) electrons. The maximum absolute atomic E-state index is 12.9. The Kier molecular flexibility index (Phi) is 8.50. The lowest BCUT2D eigenvalue weighted by atomic mass is 9.93. The van der Waals surface area contributed by atoms with Gasteiger partial charge in [0, 0.05) is 6.42 Å². The molecule has 0 heterocycles. The Morgan fingerprint density at radius 3 is 1.92 bits per heavy atom. The van der Waals surface area contributed by atoms with E-state index in [9.17, 15) is 26.7 Å². The Morgan fingerprint density at radius 1 is 0.962 bits per heavy atom. The fourth-order valence-electron chi connectivity index (χ4n) is 2.73. The van der Waals surface area contributed by atoms with Gasteiger partial charge in [0.2, 0.25) is 0 Å². The SMILES string of the molecule is [CH2]CCc1ccc(CCCC(CCCC(F)(F)C(F)(F)F)C(=O)O)cc1. The van der Waals surface area contributed by atoms with Crippen molar-refractivity contribution in [3.63, 3.8) is 0 Å². The molecule has 0 aromatic heterocycles. The van der Waals surface area contributed by atoms with Crippen molar-refractivity contribution < 1.29 is 31.9 Å². The smallest absolute Gasteiger partial charge is 0.453 e. The maximum Gasteiger partial charge on any atom is 0.453 e. The van der Waals surface area contributed by atoms with Crippen LogP contribution >= 0.6 is 0 Å². The lowest BCUT2D eigenvalue weighted by Gasteiger charge is -2.20. The molecule has 1 rings (SSSR count). The maximum atomic E-state index is 12.9. The van der Waals surface area contributed by atoms with E-state index in [0.29, 0.717) is 12.8 Å². The minimum atomic E-state index is -5.59. The molecule has 1 aromatic carbocycles. The van der Waals surface area contributed by atoms with E-state index in [1.807, 2.05) is 24.3 Å². The second kappa shape index (κ2) is 9.88. The van der Waals surface area contributed by atoms with Crippen molar-refractivity contribution in [2.45, 2.75) is 63.5 Å². The van der Waals surface area contributed by atoms with Crippen LogP contribution < -0.4 is 0 Å². The molecule has 0 aliphatic heterocycles. The molecule has 0 spiro atoms. The highest BCUT2D eigenvalue weighted by Crippen LogP contribution is 2.39. The Labute approximate surface area is 150 Å². The quantitative estimate of drug-likeness (QED) is 0.490. The van der Waals surface area contributed by atoms with Gasteiger partial charge in [-0.25, -0.2) is 0 Å². The molecule has 0 aliphatic rings. The van der Waals surface area contributed by atoms with E-state index in [0.717, 1.165) is 24.0 Å². The van der Waals surface area contributed by atoms with Crippen LogP contribution in [0.4, 0.5) is 22.0 Å². The summed E-state index contributed by atoms with van der Waals surface area (Å²) < 4.78 is 62.1. The monoisotopic (exact) mass is 379 g/mol.